The third-order valence-electron chi connectivity index (χ3n) is 3.37. The first-order chi connectivity index (χ1) is 9.41. The van der Waals surface area contributed by atoms with Gasteiger partial charge in [0.05, 0.1) is 11.6 Å². The zero-order valence-corrected chi connectivity index (χ0v) is 11.4. The molecule has 1 aromatic carbocycles. The third kappa shape index (κ3) is 3.62. The Kier molecular flexibility index (Phi) is 4.88. The molecule has 1 aromatic rings. The largest absolute Gasteiger partial charge is 0.416 e. The first-order valence-corrected chi connectivity index (χ1v) is 6.68. The van der Waals surface area contributed by atoms with Gasteiger partial charge in [0.15, 0.2) is 0 Å². The SMILES string of the molecule is FC[C@H](c1cc(Cl)cc(C(F)(F)F)c1)N1CCNCC1. The lowest BCUT2D eigenvalue weighted by Gasteiger charge is -2.34. The van der Waals surface area contributed by atoms with E-state index in [4.69, 9.17) is 11.6 Å². The van der Waals surface area contributed by atoms with Gasteiger partial charge in [-0.2, -0.15) is 13.2 Å². The Hall–Kier alpha value is -0.850. The molecule has 1 N–H and O–H groups in total. The molecule has 1 saturated heterocycles. The first kappa shape index (κ1) is 15.5. The van der Waals surface area contributed by atoms with Gasteiger partial charge in [0.2, 0.25) is 0 Å². The normalized spacial score (nSPS) is 19.1. The lowest BCUT2D eigenvalue weighted by Crippen LogP contribution is -2.45. The van der Waals surface area contributed by atoms with E-state index in [1.165, 1.54) is 6.07 Å². The van der Waals surface area contributed by atoms with Crippen molar-refractivity contribution in [3.8, 4) is 0 Å². The van der Waals surface area contributed by atoms with Crippen molar-refractivity contribution in [1.29, 1.82) is 0 Å². The molecule has 0 spiro atoms. The smallest absolute Gasteiger partial charge is 0.314 e. The van der Waals surface area contributed by atoms with E-state index in [2.05, 4.69) is 5.32 Å². The van der Waals surface area contributed by atoms with Crippen LogP contribution >= 0.6 is 11.6 Å². The Bertz CT molecular complexity index is 458. The van der Waals surface area contributed by atoms with Crippen LogP contribution in [0.4, 0.5) is 17.6 Å². The van der Waals surface area contributed by atoms with Gasteiger partial charge in [-0.25, -0.2) is 4.39 Å². The first-order valence-electron chi connectivity index (χ1n) is 6.30. The number of hydrogen-bond donors (Lipinski definition) is 1. The van der Waals surface area contributed by atoms with Crippen molar-refractivity contribution in [2.75, 3.05) is 32.9 Å². The van der Waals surface area contributed by atoms with Gasteiger partial charge in [-0.1, -0.05) is 11.6 Å². The van der Waals surface area contributed by atoms with Gasteiger partial charge in [-0.3, -0.25) is 4.90 Å². The van der Waals surface area contributed by atoms with Gasteiger partial charge in [0.25, 0.3) is 0 Å². The summed E-state index contributed by atoms with van der Waals surface area (Å²) in [4.78, 5) is 1.84. The quantitative estimate of drug-likeness (QED) is 0.862. The van der Waals surface area contributed by atoms with Crippen molar-refractivity contribution in [2.24, 2.45) is 0 Å². The van der Waals surface area contributed by atoms with Crippen LogP contribution < -0.4 is 5.32 Å². The van der Waals surface area contributed by atoms with Crippen molar-refractivity contribution < 1.29 is 17.6 Å². The summed E-state index contributed by atoms with van der Waals surface area (Å²) in [6, 6.07) is 2.57. The molecular weight excluding hydrogens is 296 g/mol. The molecule has 1 atom stereocenters. The van der Waals surface area contributed by atoms with Gasteiger partial charge in [0, 0.05) is 31.2 Å². The van der Waals surface area contributed by atoms with Crippen LogP contribution in [0.25, 0.3) is 0 Å². The minimum Gasteiger partial charge on any atom is -0.314 e. The molecule has 0 aromatic heterocycles. The van der Waals surface area contributed by atoms with Crippen LogP contribution in [0.5, 0.6) is 0 Å². The second-order valence-corrected chi connectivity index (χ2v) is 5.16. The van der Waals surface area contributed by atoms with E-state index in [1.54, 1.807) is 0 Å². The molecule has 0 bridgehead atoms. The molecule has 1 aliphatic rings. The van der Waals surface area contributed by atoms with E-state index in [0.29, 0.717) is 26.2 Å². The van der Waals surface area contributed by atoms with E-state index in [0.717, 1.165) is 12.1 Å². The molecule has 112 valence electrons. The highest BCUT2D eigenvalue weighted by Gasteiger charge is 2.32. The van der Waals surface area contributed by atoms with Gasteiger partial charge < -0.3 is 5.32 Å². The highest BCUT2D eigenvalue weighted by Crippen LogP contribution is 2.34. The molecule has 2 rings (SSSR count). The van der Waals surface area contributed by atoms with Gasteiger partial charge in [-0.15, -0.1) is 0 Å². The van der Waals surface area contributed by atoms with Crippen LogP contribution in [0, 0.1) is 0 Å². The Morgan fingerprint density at radius 3 is 2.40 bits per heavy atom. The summed E-state index contributed by atoms with van der Waals surface area (Å²) in [5, 5.41) is 3.10. The monoisotopic (exact) mass is 310 g/mol. The molecule has 1 fully saturated rings. The van der Waals surface area contributed by atoms with Crippen LogP contribution in [0.1, 0.15) is 17.2 Å². The van der Waals surface area contributed by atoms with Crippen LogP contribution in [-0.4, -0.2) is 37.8 Å². The van der Waals surface area contributed by atoms with E-state index in [1.807, 2.05) is 4.90 Å². The molecule has 0 saturated carbocycles. The van der Waals surface area contributed by atoms with E-state index < -0.39 is 24.5 Å². The minimum absolute atomic E-state index is 0.0246. The molecule has 20 heavy (non-hydrogen) atoms. The third-order valence-corrected chi connectivity index (χ3v) is 3.59. The molecule has 1 heterocycles. The number of piperazine rings is 1. The fourth-order valence-electron chi connectivity index (χ4n) is 2.36. The van der Waals surface area contributed by atoms with Crippen LogP contribution in [-0.2, 0) is 6.18 Å². The average molecular weight is 311 g/mol. The lowest BCUT2D eigenvalue weighted by atomic mass is 10.0. The molecule has 2 nitrogen and oxygen atoms in total. The number of rotatable bonds is 3. The van der Waals surface area contributed by atoms with Crippen LogP contribution in [0.2, 0.25) is 5.02 Å². The molecular formula is C13H15ClF4N2. The van der Waals surface area contributed by atoms with Crippen molar-refractivity contribution >= 4 is 11.6 Å². The highest BCUT2D eigenvalue weighted by atomic mass is 35.5. The Morgan fingerprint density at radius 2 is 1.85 bits per heavy atom. The number of halogens is 5. The van der Waals surface area contributed by atoms with Crippen LogP contribution in [0.15, 0.2) is 18.2 Å². The van der Waals surface area contributed by atoms with E-state index >= 15 is 0 Å². The molecule has 1 aliphatic heterocycles. The van der Waals surface area contributed by atoms with E-state index in [-0.39, 0.29) is 10.6 Å². The number of nitrogens with zero attached hydrogens (tertiary/aromatic N) is 1. The molecule has 0 aliphatic carbocycles. The summed E-state index contributed by atoms with van der Waals surface area (Å²) >= 11 is 5.74. The number of alkyl halides is 4. The van der Waals surface area contributed by atoms with Crippen LogP contribution in [0.3, 0.4) is 0 Å². The molecule has 0 radical (unpaired) electrons. The predicted molar refractivity (Wildman–Crippen MR) is 69.6 cm³/mol. The van der Waals surface area contributed by atoms with Crippen molar-refractivity contribution in [2.45, 2.75) is 12.2 Å². The van der Waals surface area contributed by atoms with Gasteiger partial charge in [-0.05, 0) is 23.8 Å². The number of nitrogens with one attached hydrogen (secondary N) is 1. The summed E-state index contributed by atoms with van der Waals surface area (Å²) in [7, 11) is 0. The predicted octanol–water partition coefficient (Wildman–Crippen LogP) is 3.27. The van der Waals surface area contributed by atoms with Crippen molar-refractivity contribution in [1.82, 2.24) is 10.2 Å². The number of hydrogen-bond acceptors (Lipinski definition) is 2. The maximum atomic E-state index is 13.3. The summed E-state index contributed by atoms with van der Waals surface area (Å²) in [6.45, 7) is 1.86. The lowest BCUT2D eigenvalue weighted by molar-refractivity contribution is -0.137. The van der Waals surface area contributed by atoms with Crippen molar-refractivity contribution in [3.05, 3.63) is 34.3 Å². The van der Waals surface area contributed by atoms with E-state index in [9.17, 15) is 17.6 Å². The maximum Gasteiger partial charge on any atom is 0.416 e. The second kappa shape index (κ2) is 6.28. The van der Waals surface area contributed by atoms with Crippen molar-refractivity contribution in [3.63, 3.8) is 0 Å². The Morgan fingerprint density at radius 1 is 1.20 bits per heavy atom. The summed E-state index contributed by atoms with van der Waals surface area (Å²) < 4.78 is 51.6. The molecule has 0 unspecified atom stereocenters. The Balaban J connectivity index is 2.31. The molecule has 0 amide bonds. The van der Waals surface area contributed by atoms with Gasteiger partial charge in [0.1, 0.15) is 6.67 Å². The standard InChI is InChI=1S/C13H15ClF4N2/c14-11-6-9(5-10(7-11)13(16,17)18)12(8-15)20-3-1-19-2-4-20/h5-7,12,19H,1-4,8H2/t12-/m1/s1. The average Bonchev–Trinajstić information content (AvgIpc) is 2.39. The highest BCUT2D eigenvalue weighted by molar-refractivity contribution is 6.30. The summed E-state index contributed by atoms with van der Waals surface area (Å²) in [5.41, 5.74) is -0.567. The maximum absolute atomic E-state index is 13.3. The topological polar surface area (TPSA) is 15.3 Å². The molecule has 7 heteroatoms. The summed E-state index contributed by atoms with van der Waals surface area (Å²) in [6.07, 6.45) is -4.48. The number of benzene rings is 1. The Labute approximate surface area is 119 Å². The zero-order valence-electron chi connectivity index (χ0n) is 10.7. The van der Waals surface area contributed by atoms with Gasteiger partial charge >= 0.3 is 6.18 Å². The minimum atomic E-state index is -4.48. The zero-order chi connectivity index (χ0) is 14.8. The fourth-order valence-corrected chi connectivity index (χ4v) is 2.60. The second-order valence-electron chi connectivity index (χ2n) is 4.73. The summed E-state index contributed by atoms with van der Waals surface area (Å²) in [5.74, 6) is 0. The fraction of sp³-hybridized carbons (Fsp3) is 0.538.